The van der Waals surface area contributed by atoms with Crippen molar-refractivity contribution in [1.29, 1.82) is 0 Å². The monoisotopic (exact) mass is 352 g/mol. The zero-order valence-corrected chi connectivity index (χ0v) is 14.7. The molecule has 0 spiro atoms. The molecule has 0 aliphatic carbocycles. The van der Waals surface area contributed by atoms with Crippen molar-refractivity contribution >= 4 is 30.0 Å². The molecule has 3 N–H and O–H groups in total. The lowest BCUT2D eigenvalue weighted by Crippen LogP contribution is -2.44. The highest BCUT2D eigenvalue weighted by molar-refractivity contribution is 5.92. The van der Waals surface area contributed by atoms with Crippen LogP contribution in [0, 0.1) is 6.92 Å². The number of benzene rings is 1. The van der Waals surface area contributed by atoms with Crippen molar-refractivity contribution < 1.29 is 9.59 Å². The molecule has 3 rings (SSSR count). The Morgan fingerprint density at radius 1 is 1.25 bits per heavy atom. The van der Waals surface area contributed by atoms with E-state index >= 15 is 0 Å². The van der Waals surface area contributed by atoms with Gasteiger partial charge in [-0.25, -0.2) is 4.79 Å². The minimum absolute atomic E-state index is 0. The third-order valence-corrected chi connectivity index (χ3v) is 4.55. The molecule has 2 fully saturated rings. The Morgan fingerprint density at radius 3 is 2.83 bits per heavy atom. The Balaban J connectivity index is 0.00000208. The predicted molar refractivity (Wildman–Crippen MR) is 96.6 cm³/mol. The van der Waals surface area contributed by atoms with Crippen LogP contribution in [-0.4, -0.2) is 48.6 Å². The summed E-state index contributed by atoms with van der Waals surface area (Å²) in [5.41, 5.74) is 1.80. The highest BCUT2D eigenvalue weighted by atomic mass is 35.5. The van der Waals surface area contributed by atoms with Crippen LogP contribution in [0.3, 0.4) is 0 Å². The van der Waals surface area contributed by atoms with Gasteiger partial charge in [0.05, 0.1) is 6.54 Å². The van der Waals surface area contributed by atoms with Crippen LogP contribution in [-0.2, 0) is 4.79 Å². The first-order valence-electron chi connectivity index (χ1n) is 8.25. The van der Waals surface area contributed by atoms with E-state index in [0.29, 0.717) is 12.1 Å². The van der Waals surface area contributed by atoms with E-state index in [-0.39, 0.29) is 30.9 Å². The molecule has 1 aromatic rings. The second-order valence-electron chi connectivity index (χ2n) is 6.44. The first-order chi connectivity index (χ1) is 11.1. The number of hydrogen-bond donors (Lipinski definition) is 3. The van der Waals surface area contributed by atoms with Gasteiger partial charge in [-0.2, -0.15) is 0 Å². The number of likely N-dealkylation sites (tertiary alicyclic amines) is 1. The number of amides is 3. The second kappa shape index (κ2) is 8.35. The molecular formula is C17H25ClN4O2. The minimum atomic E-state index is -0.349. The van der Waals surface area contributed by atoms with E-state index < -0.39 is 0 Å². The number of aryl methyl sites for hydroxylation is 1. The molecule has 24 heavy (non-hydrogen) atoms. The summed E-state index contributed by atoms with van der Waals surface area (Å²) in [4.78, 5) is 26.1. The number of rotatable bonds is 3. The standard InChI is InChI=1S/C17H24N4O2.ClH/c1-12-3-2-4-14(9-12)20-17(23)18-10-16(22)21-8-7-13-5-6-15(11-21)19-13;/h2-4,9,13,15,19H,5-8,10-11H2,1H3,(H2,18,20,23);1H. The summed E-state index contributed by atoms with van der Waals surface area (Å²) >= 11 is 0. The molecule has 2 unspecified atom stereocenters. The van der Waals surface area contributed by atoms with E-state index in [9.17, 15) is 9.59 Å². The average Bonchev–Trinajstić information content (AvgIpc) is 2.84. The smallest absolute Gasteiger partial charge is 0.319 e. The van der Waals surface area contributed by atoms with Crippen molar-refractivity contribution in [3.05, 3.63) is 29.8 Å². The van der Waals surface area contributed by atoms with Crippen LogP contribution < -0.4 is 16.0 Å². The SMILES string of the molecule is Cc1cccc(NC(=O)NCC(=O)N2CCC3CCC(C2)N3)c1.Cl. The molecule has 2 aliphatic rings. The summed E-state index contributed by atoms with van der Waals surface area (Å²) < 4.78 is 0. The molecule has 132 valence electrons. The maximum Gasteiger partial charge on any atom is 0.319 e. The van der Waals surface area contributed by atoms with Crippen LogP contribution in [0.1, 0.15) is 24.8 Å². The van der Waals surface area contributed by atoms with E-state index in [0.717, 1.165) is 37.2 Å². The Hall–Kier alpha value is -1.79. The number of carbonyl (C=O) groups excluding carboxylic acids is 2. The summed E-state index contributed by atoms with van der Waals surface area (Å²) in [5.74, 6) is -0.0151. The fourth-order valence-electron chi connectivity index (χ4n) is 3.34. The van der Waals surface area contributed by atoms with Gasteiger partial charge in [-0.05, 0) is 43.9 Å². The van der Waals surface area contributed by atoms with Crippen LogP contribution >= 0.6 is 12.4 Å². The lowest BCUT2D eigenvalue weighted by molar-refractivity contribution is -0.130. The van der Waals surface area contributed by atoms with Gasteiger partial charge in [-0.1, -0.05) is 12.1 Å². The minimum Gasteiger partial charge on any atom is -0.340 e. The summed E-state index contributed by atoms with van der Waals surface area (Å²) in [7, 11) is 0. The van der Waals surface area contributed by atoms with Crippen LogP contribution in [0.4, 0.5) is 10.5 Å². The third-order valence-electron chi connectivity index (χ3n) is 4.55. The first kappa shape index (κ1) is 18.5. The molecule has 0 aromatic heterocycles. The van der Waals surface area contributed by atoms with Crippen molar-refractivity contribution in [2.24, 2.45) is 0 Å². The van der Waals surface area contributed by atoms with Gasteiger partial charge in [-0.3, -0.25) is 4.79 Å². The maximum absolute atomic E-state index is 12.3. The van der Waals surface area contributed by atoms with Crippen LogP contribution in [0.2, 0.25) is 0 Å². The van der Waals surface area contributed by atoms with Gasteiger partial charge >= 0.3 is 6.03 Å². The molecule has 2 aliphatic heterocycles. The van der Waals surface area contributed by atoms with Gasteiger partial charge in [0.15, 0.2) is 0 Å². The second-order valence-corrected chi connectivity index (χ2v) is 6.44. The van der Waals surface area contributed by atoms with E-state index in [1.165, 1.54) is 6.42 Å². The summed E-state index contributed by atoms with van der Waals surface area (Å²) in [6.45, 7) is 3.52. The van der Waals surface area contributed by atoms with Gasteiger partial charge in [0.2, 0.25) is 5.91 Å². The summed E-state index contributed by atoms with van der Waals surface area (Å²) in [6.07, 6.45) is 3.34. The highest BCUT2D eigenvalue weighted by Gasteiger charge is 2.30. The Bertz CT molecular complexity index is 596. The first-order valence-corrected chi connectivity index (χ1v) is 8.25. The van der Waals surface area contributed by atoms with Crippen molar-refractivity contribution in [3.63, 3.8) is 0 Å². The zero-order valence-electron chi connectivity index (χ0n) is 13.9. The Kier molecular flexibility index (Phi) is 6.45. The van der Waals surface area contributed by atoms with Crippen LogP contribution in [0.15, 0.2) is 24.3 Å². The van der Waals surface area contributed by atoms with Crippen molar-refractivity contribution in [2.75, 3.05) is 25.0 Å². The number of hydrogen-bond acceptors (Lipinski definition) is 3. The topological polar surface area (TPSA) is 73.5 Å². The van der Waals surface area contributed by atoms with Crippen LogP contribution in [0.5, 0.6) is 0 Å². The molecule has 2 bridgehead atoms. The average molecular weight is 353 g/mol. The Morgan fingerprint density at radius 2 is 2.04 bits per heavy atom. The van der Waals surface area contributed by atoms with Crippen molar-refractivity contribution in [3.8, 4) is 0 Å². The molecule has 3 amide bonds. The number of nitrogens with one attached hydrogen (secondary N) is 3. The maximum atomic E-state index is 12.3. The molecule has 0 radical (unpaired) electrons. The van der Waals surface area contributed by atoms with Gasteiger partial charge in [0.25, 0.3) is 0 Å². The van der Waals surface area contributed by atoms with Crippen LogP contribution in [0.25, 0.3) is 0 Å². The molecular weight excluding hydrogens is 328 g/mol. The van der Waals surface area contributed by atoms with E-state index in [4.69, 9.17) is 0 Å². The van der Waals surface area contributed by atoms with Gasteiger partial charge < -0.3 is 20.9 Å². The van der Waals surface area contributed by atoms with E-state index in [1.807, 2.05) is 36.1 Å². The van der Waals surface area contributed by atoms with Crippen molar-refractivity contribution in [2.45, 2.75) is 38.3 Å². The fourth-order valence-corrected chi connectivity index (χ4v) is 3.34. The van der Waals surface area contributed by atoms with Gasteiger partial charge in [0, 0.05) is 30.9 Å². The number of halogens is 1. The highest BCUT2D eigenvalue weighted by Crippen LogP contribution is 2.20. The molecule has 0 saturated carbocycles. The van der Waals surface area contributed by atoms with E-state index in [2.05, 4.69) is 16.0 Å². The third kappa shape index (κ3) is 4.85. The largest absolute Gasteiger partial charge is 0.340 e. The Labute approximate surface area is 148 Å². The number of urea groups is 1. The molecule has 2 heterocycles. The quantitative estimate of drug-likeness (QED) is 0.777. The van der Waals surface area contributed by atoms with Gasteiger partial charge in [-0.15, -0.1) is 12.4 Å². The zero-order chi connectivity index (χ0) is 16.2. The summed E-state index contributed by atoms with van der Waals surface area (Å²) in [5, 5.41) is 8.94. The molecule has 1 aromatic carbocycles. The predicted octanol–water partition coefficient (Wildman–Crippen LogP) is 1.89. The van der Waals surface area contributed by atoms with E-state index in [1.54, 1.807) is 0 Å². The number of nitrogens with zero attached hydrogens (tertiary/aromatic N) is 1. The molecule has 7 heteroatoms. The fraction of sp³-hybridized carbons (Fsp3) is 0.529. The molecule has 6 nitrogen and oxygen atoms in total. The molecule has 2 saturated heterocycles. The normalized spacial score (nSPS) is 22.3. The summed E-state index contributed by atoms with van der Waals surface area (Å²) in [6, 6.07) is 8.18. The lowest BCUT2D eigenvalue weighted by Gasteiger charge is -2.24. The van der Waals surface area contributed by atoms with Gasteiger partial charge in [0.1, 0.15) is 0 Å². The number of anilines is 1. The number of fused-ring (bicyclic) bond motifs is 2. The lowest BCUT2D eigenvalue weighted by atomic mass is 10.1. The van der Waals surface area contributed by atoms with Crippen molar-refractivity contribution in [1.82, 2.24) is 15.5 Å². The number of carbonyl (C=O) groups is 2. The molecule has 2 atom stereocenters.